The van der Waals surface area contributed by atoms with Crippen molar-refractivity contribution in [3.05, 3.63) is 28.2 Å². The van der Waals surface area contributed by atoms with E-state index in [4.69, 9.17) is 0 Å². The van der Waals surface area contributed by atoms with Crippen molar-refractivity contribution in [2.75, 3.05) is 5.32 Å². The fourth-order valence-electron chi connectivity index (χ4n) is 2.00. The van der Waals surface area contributed by atoms with Gasteiger partial charge in [0.15, 0.2) is 0 Å². The first-order valence-electron chi connectivity index (χ1n) is 5.73. The minimum Gasteiger partial charge on any atom is -0.381 e. The zero-order chi connectivity index (χ0) is 10.8. The van der Waals surface area contributed by atoms with Crippen molar-refractivity contribution in [2.45, 2.75) is 39.2 Å². The second kappa shape index (κ2) is 4.56. The van der Waals surface area contributed by atoms with Crippen LogP contribution in [0, 0.1) is 12.8 Å². The minimum absolute atomic E-state index is 0.656. The highest BCUT2D eigenvalue weighted by Crippen LogP contribution is 2.36. The van der Waals surface area contributed by atoms with Crippen LogP contribution in [0.4, 0.5) is 5.69 Å². The molecule has 15 heavy (non-hydrogen) atoms. The molecule has 0 heterocycles. The van der Waals surface area contributed by atoms with E-state index in [1.165, 1.54) is 35.0 Å². The van der Waals surface area contributed by atoms with Crippen LogP contribution in [0.1, 0.15) is 31.7 Å². The zero-order valence-electron chi connectivity index (χ0n) is 9.39. The monoisotopic (exact) mass is 267 g/mol. The van der Waals surface area contributed by atoms with Crippen LogP contribution in [0.5, 0.6) is 0 Å². The third-order valence-electron chi connectivity index (χ3n) is 3.09. The van der Waals surface area contributed by atoms with Gasteiger partial charge in [-0.3, -0.25) is 0 Å². The van der Waals surface area contributed by atoms with Crippen molar-refractivity contribution in [3.8, 4) is 0 Å². The van der Waals surface area contributed by atoms with Crippen molar-refractivity contribution >= 4 is 21.6 Å². The Bertz CT molecular complexity index is 344. The Morgan fingerprint density at radius 3 is 2.80 bits per heavy atom. The topological polar surface area (TPSA) is 12.0 Å². The van der Waals surface area contributed by atoms with Gasteiger partial charge in [-0.05, 0) is 65.7 Å². The summed E-state index contributed by atoms with van der Waals surface area (Å²) >= 11 is 3.60. The predicted octanol–water partition coefficient (Wildman–Crippen LogP) is 4.36. The van der Waals surface area contributed by atoms with Gasteiger partial charge >= 0.3 is 0 Å². The van der Waals surface area contributed by atoms with Crippen LogP contribution in [0.3, 0.4) is 0 Å². The van der Waals surface area contributed by atoms with Gasteiger partial charge in [0.05, 0.1) is 0 Å². The van der Waals surface area contributed by atoms with Gasteiger partial charge in [0.2, 0.25) is 0 Å². The molecule has 1 aromatic carbocycles. The van der Waals surface area contributed by atoms with E-state index in [2.05, 4.69) is 53.3 Å². The lowest BCUT2D eigenvalue weighted by Gasteiger charge is -2.19. The second-order valence-corrected chi connectivity index (χ2v) is 5.33. The van der Waals surface area contributed by atoms with Gasteiger partial charge in [-0.2, -0.15) is 0 Å². The van der Waals surface area contributed by atoms with E-state index in [9.17, 15) is 0 Å². The van der Waals surface area contributed by atoms with Crippen LogP contribution in [0.2, 0.25) is 0 Å². The lowest BCUT2D eigenvalue weighted by molar-refractivity contribution is 0.616. The summed E-state index contributed by atoms with van der Waals surface area (Å²) in [6.07, 6.45) is 4.01. The predicted molar refractivity (Wildman–Crippen MR) is 69.3 cm³/mol. The Morgan fingerprint density at radius 1 is 1.47 bits per heavy atom. The summed E-state index contributed by atoms with van der Waals surface area (Å²) in [5.74, 6) is 0.905. The Kier molecular flexibility index (Phi) is 3.35. The molecular formula is C13H18BrN. The van der Waals surface area contributed by atoms with Crippen molar-refractivity contribution in [1.82, 2.24) is 0 Å². The molecule has 0 saturated heterocycles. The van der Waals surface area contributed by atoms with Gasteiger partial charge in [-0.1, -0.05) is 13.0 Å². The van der Waals surface area contributed by atoms with Crippen LogP contribution in [-0.2, 0) is 0 Å². The molecular weight excluding hydrogens is 250 g/mol. The van der Waals surface area contributed by atoms with Gasteiger partial charge in [0, 0.05) is 16.2 Å². The molecule has 1 nitrogen and oxygen atoms in total. The number of rotatable bonds is 4. The highest BCUT2D eigenvalue weighted by atomic mass is 79.9. The minimum atomic E-state index is 0.656. The molecule has 1 N–H and O–H groups in total. The third-order valence-corrected chi connectivity index (χ3v) is 3.79. The van der Waals surface area contributed by atoms with Gasteiger partial charge in [-0.15, -0.1) is 0 Å². The molecule has 0 spiro atoms. The lowest BCUT2D eigenvalue weighted by atomic mass is 10.1. The first-order valence-corrected chi connectivity index (χ1v) is 6.52. The van der Waals surface area contributed by atoms with Crippen LogP contribution < -0.4 is 5.32 Å². The summed E-state index contributed by atoms with van der Waals surface area (Å²) in [6.45, 7) is 4.40. The van der Waals surface area contributed by atoms with E-state index in [1.54, 1.807) is 0 Å². The van der Waals surface area contributed by atoms with Crippen LogP contribution >= 0.6 is 15.9 Å². The Balaban J connectivity index is 2.11. The molecule has 1 fully saturated rings. The molecule has 1 saturated carbocycles. The SMILES string of the molecule is CCC(Nc1cc(C)ccc1Br)C1CC1. The van der Waals surface area contributed by atoms with E-state index >= 15 is 0 Å². The Morgan fingerprint density at radius 2 is 2.20 bits per heavy atom. The van der Waals surface area contributed by atoms with Crippen molar-refractivity contribution < 1.29 is 0 Å². The Hall–Kier alpha value is -0.500. The molecule has 1 unspecified atom stereocenters. The number of anilines is 1. The standard InChI is InChI=1S/C13H18BrN/c1-3-12(10-5-6-10)15-13-8-9(2)4-7-11(13)14/h4,7-8,10,12,15H,3,5-6H2,1-2H3. The maximum absolute atomic E-state index is 3.65. The molecule has 2 heteroatoms. The third kappa shape index (κ3) is 2.75. The largest absolute Gasteiger partial charge is 0.381 e. The highest BCUT2D eigenvalue weighted by Gasteiger charge is 2.29. The lowest BCUT2D eigenvalue weighted by Crippen LogP contribution is -2.20. The van der Waals surface area contributed by atoms with Gasteiger partial charge in [0.25, 0.3) is 0 Å². The number of aryl methyl sites for hydroxylation is 1. The Labute approximate surface area is 100 Å². The number of halogens is 1. The number of hydrogen-bond donors (Lipinski definition) is 1. The summed E-state index contributed by atoms with van der Waals surface area (Å²) in [4.78, 5) is 0. The van der Waals surface area contributed by atoms with Gasteiger partial charge in [-0.25, -0.2) is 0 Å². The average molecular weight is 268 g/mol. The first-order chi connectivity index (χ1) is 7.20. The number of hydrogen-bond acceptors (Lipinski definition) is 1. The maximum atomic E-state index is 3.65. The number of benzene rings is 1. The molecule has 0 amide bonds. The quantitative estimate of drug-likeness (QED) is 0.855. The van der Waals surface area contributed by atoms with Crippen LogP contribution in [-0.4, -0.2) is 6.04 Å². The fraction of sp³-hybridized carbons (Fsp3) is 0.538. The molecule has 82 valence electrons. The highest BCUT2D eigenvalue weighted by molar-refractivity contribution is 9.10. The molecule has 1 atom stereocenters. The van der Waals surface area contributed by atoms with E-state index in [0.29, 0.717) is 6.04 Å². The summed E-state index contributed by atoms with van der Waals surface area (Å²) in [5.41, 5.74) is 2.56. The zero-order valence-corrected chi connectivity index (χ0v) is 11.0. The van der Waals surface area contributed by atoms with E-state index < -0.39 is 0 Å². The van der Waals surface area contributed by atoms with Gasteiger partial charge < -0.3 is 5.32 Å². The average Bonchev–Trinajstić information content (AvgIpc) is 3.03. The number of nitrogens with one attached hydrogen (secondary N) is 1. The summed E-state index contributed by atoms with van der Waals surface area (Å²) < 4.78 is 1.17. The van der Waals surface area contributed by atoms with Crippen LogP contribution in [0.25, 0.3) is 0 Å². The van der Waals surface area contributed by atoms with Crippen LogP contribution in [0.15, 0.2) is 22.7 Å². The smallest absolute Gasteiger partial charge is 0.0489 e. The maximum Gasteiger partial charge on any atom is 0.0489 e. The molecule has 0 aliphatic heterocycles. The van der Waals surface area contributed by atoms with Crippen molar-refractivity contribution in [1.29, 1.82) is 0 Å². The molecule has 2 rings (SSSR count). The molecule has 1 aromatic rings. The molecule has 0 radical (unpaired) electrons. The molecule has 0 aromatic heterocycles. The molecule has 1 aliphatic rings. The molecule has 0 bridgehead atoms. The van der Waals surface area contributed by atoms with Crippen molar-refractivity contribution in [3.63, 3.8) is 0 Å². The van der Waals surface area contributed by atoms with Crippen molar-refractivity contribution in [2.24, 2.45) is 5.92 Å². The molecule has 1 aliphatic carbocycles. The van der Waals surface area contributed by atoms with E-state index in [0.717, 1.165) is 5.92 Å². The van der Waals surface area contributed by atoms with E-state index in [1.807, 2.05) is 0 Å². The summed E-state index contributed by atoms with van der Waals surface area (Å²) in [6, 6.07) is 7.13. The first kappa shape index (κ1) is 11.0. The summed E-state index contributed by atoms with van der Waals surface area (Å²) in [5, 5.41) is 3.65. The normalized spacial score (nSPS) is 17.5. The fourth-order valence-corrected chi connectivity index (χ4v) is 2.36. The van der Waals surface area contributed by atoms with E-state index in [-0.39, 0.29) is 0 Å². The summed E-state index contributed by atoms with van der Waals surface area (Å²) in [7, 11) is 0. The van der Waals surface area contributed by atoms with Gasteiger partial charge in [0.1, 0.15) is 0 Å². The second-order valence-electron chi connectivity index (χ2n) is 4.48.